The summed E-state index contributed by atoms with van der Waals surface area (Å²) in [4.78, 5) is 4.06. The van der Waals surface area contributed by atoms with E-state index in [1.165, 1.54) is 0 Å². The number of aromatic nitrogens is 1. The van der Waals surface area contributed by atoms with Crippen LogP contribution in [0.4, 0.5) is 5.69 Å². The van der Waals surface area contributed by atoms with Gasteiger partial charge < -0.3 is 15.2 Å². The van der Waals surface area contributed by atoms with E-state index in [0.717, 1.165) is 5.56 Å². The summed E-state index contributed by atoms with van der Waals surface area (Å²) in [7, 11) is 0. The number of nitrogen functional groups attached to an aromatic ring is 1. The molecular weight excluding hydrogens is 168 g/mol. The number of aryl methyl sites for hydroxylation is 1. The fourth-order valence-corrected chi connectivity index (χ4v) is 1.08. The van der Waals surface area contributed by atoms with Gasteiger partial charge in [-0.2, -0.15) is 0 Å². The van der Waals surface area contributed by atoms with E-state index < -0.39 is 0 Å². The fourth-order valence-electron chi connectivity index (χ4n) is 1.08. The van der Waals surface area contributed by atoms with Crippen molar-refractivity contribution >= 4 is 5.69 Å². The molecule has 4 nitrogen and oxygen atoms in total. The Labute approximate surface area is 76.7 Å². The second-order valence-electron chi connectivity index (χ2n) is 3.12. The minimum atomic E-state index is 0.122. The molecule has 1 aromatic heterocycles. The maximum atomic E-state index is 5.78. The zero-order chi connectivity index (χ0) is 9.26. The molecule has 0 amide bonds. The molecule has 0 bridgehead atoms. The Morgan fingerprint density at radius 3 is 3.00 bits per heavy atom. The van der Waals surface area contributed by atoms with Gasteiger partial charge in [-0.25, -0.2) is 4.98 Å². The van der Waals surface area contributed by atoms with Crippen LogP contribution in [-0.4, -0.2) is 24.3 Å². The third-order valence-corrected chi connectivity index (χ3v) is 2.06. The number of rotatable bonds is 2. The number of hydrogen-bond acceptors (Lipinski definition) is 4. The van der Waals surface area contributed by atoms with Gasteiger partial charge in [0, 0.05) is 6.20 Å². The lowest BCUT2D eigenvalue weighted by Crippen LogP contribution is -2.38. The Kier molecular flexibility index (Phi) is 2.06. The monoisotopic (exact) mass is 180 g/mol. The van der Waals surface area contributed by atoms with Crippen molar-refractivity contribution in [1.29, 1.82) is 0 Å². The molecule has 1 saturated heterocycles. The Morgan fingerprint density at radius 1 is 1.62 bits per heavy atom. The standard InChI is InChI=1S/C9H12N2O2/c1-6-2-3-11-9(8(6)10)13-7-4-12-5-7/h2-3,7H,4-5,10H2,1H3. The molecule has 1 aliphatic rings. The van der Waals surface area contributed by atoms with Crippen LogP contribution in [0.1, 0.15) is 5.56 Å². The predicted molar refractivity (Wildman–Crippen MR) is 48.6 cm³/mol. The first-order valence-corrected chi connectivity index (χ1v) is 4.23. The van der Waals surface area contributed by atoms with E-state index in [-0.39, 0.29) is 6.10 Å². The highest BCUT2D eigenvalue weighted by molar-refractivity contribution is 5.53. The van der Waals surface area contributed by atoms with E-state index >= 15 is 0 Å². The number of nitrogens with two attached hydrogens (primary N) is 1. The van der Waals surface area contributed by atoms with Crippen LogP contribution in [-0.2, 0) is 4.74 Å². The smallest absolute Gasteiger partial charge is 0.237 e. The van der Waals surface area contributed by atoms with Crippen molar-refractivity contribution < 1.29 is 9.47 Å². The summed E-state index contributed by atoms with van der Waals surface area (Å²) in [6, 6.07) is 1.86. The third kappa shape index (κ3) is 1.58. The van der Waals surface area contributed by atoms with E-state index in [2.05, 4.69) is 4.98 Å². The average Bonchev–Trinajstić information content (AvgIpc) is 2.04. The molecule has 0 spiro atoms. The fraction of sp³-hybridized carbons (Fsp3) is 0.444. The molecule has 0 radical (unpaired) electrons. The summed E-state index contributed by atoms with van der Waals surface area (Å²) in [5.41, 5.74) is 7.39. The zero-order valence-electron chi connectivity index (χ0n) is 7.49. The van der Waals surface area contributed by atoms with Gasteiger partial charge >= 0.3 is 0 Å². The summed E-state index contributed by atoms with van der Waals surface area (Å²) < 4.78 is 10.5. The summed E-state index contributed by atoms with van der Waals surface area (Å²) in [6.45, 7) is 3.20. The van der Waals surface area contributed by atoms with Gasteiger partial charge in [0.05, 0.1) is 18.9 Å². The van der Waals surface area contributed by atoms with E-state index in [1.807, 2.05) is 13.0 Å². The molecule has 1 fully saturated rings. The van der Waals surface area contributed by atoms with Crippen LogP contribution in [0.25, 0.3) is 0 Å². The van der Waals surface area contributed by atoms with Crippen molar-refractivity contribution in [2.75, 3.05) is 18.9 Å². The van der Waals surface area contributed by atoms with Gasteiger partial charge in [-0.1, -0.05) is 0 Å². The highest BCUT2D eigenvalue weighted by atomic mass is 16.6. The van der Waals surface area contributed by atoms with Gasteiger partial charge in [0.2, 0.25) is 5.88 Å². The predicted octanol–water partition coefficient (Wildman–Crippen LogP) is 0.750. The van der Waals surface area contributed by atoms with Gasteiger partial charge in [0.25, 0.3) is 0 Å². The first-order chi connectivity index (χ1) is 6.27. The molecule has 2 rings (SSSR count). The number of pyridine rings is 1. The van der Waals surface area contributed by atoms with Gasteiger partial charge in [0.1, 0.15) is 6.10 Å². The molecular formula is C9H12N2O2. The number of anilines is 1. The van der Waals surface area contributed by atoms with Crippen LogP contribution in [0.15, 0.2) is 12.3 Å². The Bertz CT molecular complexity index is 310. The quantitative estimate of drug-likeness (QED) is 0.729. The van der Waals surface area contributed by atoms with E-state index in [1.54, 1.807) is 6.20 Å². The highest BCUT2D eigenvalue weighted by Gasteiger charge is 2.21. The van der Waals surface area contributed by atoms with E-state index in [0.29, 0.717) is 24.8 Å². The largest absolute Gasteiger partial charge is 0.468 e. The Morgan fingerprint density at radius 2 is 2.38 bits per heavy atom. The molecule has 1 aliphatic heterocycles. The van der Waals surface area contributed by atoms with Crippen molar-refractivity contribution in [3.8, 4) is 5.88 Å². The van der Waals surface area contributed by atoms with Crippen LogP contribution >= 0.6 is 0 Å². The summed E-state index contributed by atoms with van der Waals surface area (Å²) >= 11 is 0. The molecule has 0 aromatic carbocycles. The van der Waals surface area contributed by atoms with Crippen molar-refractivity contribution in [3.05, 3.63) is 17.8 Å². The molecule has 70 valence electrons. The van der Waals surface area contributed by atoms with Gasteiger partial charge in [0.15, 0.2) is 0 Å². The second kappa shape index (κ2) is 3.22. The first-order valence-electron chi connectivity index (χ1n) is 4.23. The van der Waals surface area contributed by atoms with Gasteiger partial charge in [-0.15, -0.1) is 0 Å². The van der Waals surface area contributed by atoms with Gasteiger partial charge in [-0.05, 0) is 18.6 Å². The molecule has 2 heterocycles. The van der Waals surface area contributed by atoms with Crippen LogP contribution in [0, 0.1) is 6.92 Å². The molecule has 0 aliphatic carbocycles. The summed E-state index contributed by atoms with van der Waals surface area (Å²) in [5, 5.41) is 0. The minimum absolute atomic E-state index is 0.122. The number of ether oxygens (including phenoxy) is 2. The lowest BCUT2D eigenvalue weighted by atomic mass is 10.2. The van der Waals surface area contributed by atoms with Crippen LogP contribution in [0.5, 0.6) is 5.88 Å². The Hall–Kier alpha value is -1.29. The van der Waals surface area contributed by atoms with Crippen molar-refractivity contribution in [2.45, 2.75) is 13.0 Å². The highest BCUT2D eigenvalue weighted by Crippen LogP contribution is 2.23. The lowest BCUT2D eigenvalue weighted by molar-refractivity contribution is -0.0810. The van der Waals surface area contributed by atoms with Crippen molar-refractivity contribution in [3.63, 3.8) is 0 Å². The molecule has 13 heavy (non-hydrogen) atoms. The lowest BCUT2D eigenvalue weighted by Gasteiger charge is -2.26. The first kappa shape index (κ1) is 8.31. The molecule has 2 N–H and O–H groups in total. The SMILES string of the molecule is Cc1ccnc(OC2COC2)c1N. The summed E-state index contributed by atoms with van der Waals surface area (Å²) in [5.74, 6) is 0.522. The topological polar surface area (TPSA) is 57.4 Å². The minimum Gasteiger partial charge on any atom is -0.468 e. The Balaban J connectivity index is 2.14. The zero-order valence-corrected chi connectivity index (χ0v) is 7.49. The van der Waals surface area contributed by atoms with Crippen LogP contribution < -0.4 is 10.5 Å². The number of nitrogens with zero attached hydrogens (tertiary/aromatic N) is 1. The van der Waals surface area contributed by atoms with Crippen molar-refractivity contribution in [1.82, 2.24) is 4.98 Å². The third-order valence-electron chi connectivity index (χ3n) is 2.06. The maximum Gasteiger partial charge on any atom is 0.237 e. The van der Waals surface area contributed by atoms with Crippen LogP contribution in [0.2, 0.25) is 0 Å². The maximum absolute atomic E-state index is 5.78. The molecule has 0 unspecified atom stereocenters. The number of hydrogen-bond donors (Lipinski definition) is 1. The van der Waals surface area contributed by atoms with Crippen LogP contribution in [0.3, 0.4) is 0 Å². The van der Waals surface area contributed by atoms with Gasteiger partial charge in [-0.3, -0.25) is 0 Å². The summed E-state index contributed by atoms with van der Waals surface area (Å²) in [6.07, 6.45) is 1.82. The van der Waals surface area contributed by atoms with E-state index in [4.69, 9.17) is 15.2 Å². The molecule has 4 heteroatoms. The second-order valence-corrected chi connectivity index (χ2v) is 3.12. The normalized spacial score (nSPS) is 16.7. The van der Waals surface area contributed by atoms with Crippen molar-refractivity contribution in [2.24, 2.45) is 0 Å². The molecule has 0 saturated carbocycles. The molecule has 1 aromatic rings. The molecule has 0 atom stereocenters. The average molecular weight is 180 g/mol. The van der Waals surface area contributed by atoms with E-state index in [9.17, 15) is 0 Å².